The van der Waals surface area contributed by atoms with Crippen molar-refractivity contribution in [2.75, 3.05) is 7.11 Å². The summed E-state index contributed by atoms with van der Waals surface area (Å²) in [6.45, 7) is 3.68. The van der Waals surface area contributed by atoms with E-state index in [-0.39, 0.29) is 5.69 Å². The van der Waals surface area contributed by atoms with Crippen molar-refractivity contribution in [2.45, 2.75) is 13.8 Å². The van der Waals surface area contributed by atoms with E-state index in [4.69, 9.17) is 0 Å². The Labute approximate surface area is 87.6 Å². The highest BCUT2D eigenvalue weighted by atomic mass is 16.6. The van der Waals surface area contributed by atoms with E-state index in [9.17, 15) is 10.1 Å². The molecule has 0 atom stereocenters. The number of rotatable bonds is 3. The van der Waals surface area contributed by atoms with Gasteiger partial charge in [-0.25, -0.2) is 4.99 Å². The zero-order valence-electron chi connectivity index (χ0n) is 8.85. The molecule has 1 aromatic rings. The number of non-ortho nitro benzene ring substituents is 1. The maximum atomic E-state index is 10.6. The first-order valence-corrected chi connectivity index (χ1v) is 4.37. The Morgan fingerprint density at radius 1 is 1.47 bits per heavy atom. The average molecular weight is 208 g/mol. The topological polar surface area (TPSA) is 64.7 Å². The first-order valence-electron chi connectivity index (χ1n) is 4.37. The van der Waals surface area contributed by atoms with Crippen LogP contribution in [0.15, 0.2) is 17.1 Å². The summed E-state index contributed by atoms with van der Waals surface area (Å²) in [6.07, 6.45) is 1.26. The number of nitro benzene ring substituents is 1. The molecule has 1 rings (SSSR count). The highest BCUT2D eigenvalue weighted by molar-refractivity contribution is 5.63. The van der Waals surface area contributed by atoms with Crippen LogP contribution in [0.1, 0.15) is 11.1 Å². The Kier molecular flexibility index (Phi) is 3.38. The highest BCUT2D eigenvalue weighted by Gasteiger charge is 2.10. The summed E-state index contributed by atoms with van der Waals surface area (Å²) in [7, 11) is 1.48. The summed E-state index contributed by atoms with van der Waals surface area (Å²) in [5.41, 5.74) is 2.35. The number of aliphatic imine (C=N–C) groups is 1. The van der Waals surface area contributed by atoms with E-state index in [1.165, 1.54) is 25.6 Å². The van der Waals surface area contributed by atoms with Crippen molar-refractivity contribution >= 4 is 17.8 Å². The largest absolute Gasteiger partial charge is 0.486 e. The zero-order valence-corrected chi connectivity index (χ0v) is 8.85. The normalized spacial score (nSPS) is 10.6. The van der Waals surface area contributed by atoms with Crippen LogP contribution in [0.3, 0.4) is 0 Å². The number of ether oxygens (including phenoxy) is 1. The Balaban J connectivity index is 3.24. The number of nitrogens with zero attached hydrogens (tertiary/aromatic N) is 2. The molecule has 0 spiro atoms. The van der Waals surface area contributed by atoms with Gasteiger partial charge in [-0.15, -0.1) is 0 Å². The lowest BCUT2D eigenvalue weighted by atomic mass is 10.1. The minimum atomic E-state index is -0.432. The zero-order chi connectivity index (χ0) is 11.4. The molecule has 0 aliphatic heterocycles. The van der Waals surface area contributed by atoms with Crippen molar-refractivity contribution in [3.63, 3.8) is 0 Å². The van der Waals surface area contributed by atoms with Crippen molar-refractivity contribution < 1.29 is 9.66 Å². The minimum Gasteiger partial charge on any atom is -0.486 e. The van der Waals surface area contributed by atoms with Gasteiger partial charge in [0, 0.05) is 12.1 Å². The third-order valence-corrected chi connectivity index (χ3v) is 2.13. The molecule has 0 aliphatic carbocycles. The monoisotopic (exact) mass is 208 g/mol. The van der Waals surface area contributed by atoms with Gasteiger partial charge in [-0.05, 0) is 25.0 Å². The third-order valence-electron chi connectivity index (χ3n) is 2.13. The summed E-state index contributed by atoms with van der Waals surface area (Å²) in [6, 6.07) is 2.96. The summed E-state index contributed by atoms with van der Waals surface area (Å²) in [5.74, 6) is 0. The van der Waals surface area contributed by atoms with Gasteiger partial charge in [0.2, 0.25) is 0 Å². The van der Waals surface area contributed by atoms with Gasteiger partial charge < -0.3 is 4.74 Å². The van der Waals surface area contributed by atoms with Gasteiger partial charge >= 0.3 is 0 Å². The lowest BCUT2D eigenvalue weighted by Gasteiger charge is -2.03. The summed E-state index contributed by atoms with van der Waals surface area (Å²) >= 11 is 0. The maximum Gasteiger partial charge on any atom is 0.271 e. The van der Waals surface area contributed by atoms with E-state index in [0.717, 1.165) is 11.1 Å². The molecule has 5 heteroatoms. The van der Waals surface area contributed by atoms with Crippen LogP contribution in [-0.2, 0) is 4.74 Å². The van der Waals surface area contributed by atoms with Crippen molar-refractivity contribution in [2.24, 2.45) is 4.99 Å². The van der Waals surface area contributed by atoms with Gasteiger partial charge in [0.25, 0.3) is 5.69 Å². The Bertz CT molecular complexity index is 413. The van der Waals surface area contributed by atoms with Crippen molar-refractivity contribution in [1.29, 1.82) is 0 Å². The number of nitro groups is 1. The minimum absolute atomic E-state index is 0.0429. The molecule has 15 heavy (non-hydrogen) atoms. The fourth-order valence-corrected chi connectivity index (χ4v) is 1.17. The van der Waals surface area contributed by atoms with E-state index in [0.29, 0.717) is 5.69 Å². The van der Waals surface area contributed by atoms with Gasteiger partial charge in [-0.3, -0.25) is 10.1 Å². The molecule has 0 radical (unpaired) electrons. The number of hydrogen-bond acceptors (Lipinski definition) is 4. The molecule has 0 aromatic heterocycles. The van der Waals surface area contributed by atoms with Crippen LogP contribution >= 0.6 is 0 Å². The molecule has 0 amide bonds. The van der Waals surface area contributed by atoms with E-state index in [1.807, 2.05) is 13.8 Å². The highest BCUT2D eigenvalue weighted by Crippen LogP contribution is 2.27. The molecule has 0 saturated carbocycles. The van der Waals surface area contributed by atoms with Crippen LogP contribution in [0.4, 0.5) is 11.4 Å². The third kappa shape index (κ3) is 2.52. The van der Waals surface area contributed by atoms with Crippen molar-refractivity contribution in [1.82, 2.24) is 0 Å². The Hall–Kier alpha value is -1.91. The van der Waals surface area contributed by atoms with Gasteiger partial charge in [-0.2, -0.15) is 0 Å². The second kappa shape index (κ2) is 4.54. The van der Waals surface area contributed by atoms with E-state index in [2.05, 4.69) is 9.73 Å². The smallest absolute Gasteiger partial charge is 0.271 e. The van der Waals surface area contributed by atoms with E-state index < -0.39 is 4.92 Å². The number of hydrogen-bond donors (Lipinski definition) is 0. The van der Waals surface area contributed by atoms with Gasteiger partial charge in [0.15, 0.2) is 6.40 Å². The molecule has 0 fully saturated rings. The van der Waals surface area contributed by atoms with Gasteiger partial charge in [-0.1, -0.05) is 0 Å². The number of benzene rings is 1. The lowest BCUT2D eigenvalue weighted by molar-refractivity contribution is -0.384. The molecule has 0 unspecified atom stereocenters. The Morgan fingerprint density at radius 2 is 2.13 bits per heavy atom. The molecule has 80 valence electrons. The first kappa shape index (κ1) is 11.2. The molecule has 0 N–H and O–H groups in total. The second-order valence-electron chi connectivity index (χ2n) is 3.13. The molecular formula is C10H12N2O3. The van der Waals surface area contributed by atoms with Crippen LogP contribution < -0.4 is 0 Å². The lowest BCUT2D eigenvalue weighted by Crippen LogP contribution is -1.91. The fourth-order valence-electron chi connectivity index (χ4n) is 1.17. The van der Waals surface area contributed by atoms with E-state index in [1.54, 1.807) is 0 Å². The summed E-state index contributed by atoms with van der Waals surface area (Å²) in [4.78, 5) is 14.2. The maximum absolute atomic E-state index is 10.6. The quantitative estimate of drug-likeness (QED) is 0.332. The summed E-state index contributed by atoms with van der Waals surface area (Å²) in [5, 5.41) is 10.6. The molecule has 0 bridgehead atoms. The van der Waals surface area contributed by atoms with Crippen LogP contribution in [0.5, 0.6) is 0 Å². The predicted octanol–water partition coefficient (Wildman–Crippen LogP) is 2.52. The van der Waals surface area contributed by atoms with Crippen LogP contribution in [0.2, 0.25) is 0 Å². The summed E-state index contributed by atoms with van der Waals surface area (Å²) < 4.78 is 4.68. The van der Waals surface area contributed by atoms with Crippen LogP contribution in [0.25, 0.3) is 0 Å². The molecule has 0 saturated heterocycles. The first-order chi connectivity index (χ1) is 7.06. The molecule has 1 aromatic carbocycles. The van der Waals surface area contributed by atoms with E-state index >= 15 is 0 Å². The fraction of sp³-hybridized carbons (Fsp3) is 0.300. The SMILES string of the molecule is CO/C=N\c1cc([N+](=O)[O-])cc(C)c1C. The van der Waals surface area contributed by atoms with Crippen LogP contribution in [-0.4, -0.2) is 18.4 Å². The number of methoxy groups -OCH3 is 1. The number of aryl methyl sites for hydroxylation is 1. The van der Waals surface area contributed by atoms with Crippen molar-refractivity contribution in [3.8, 4) is 0 Å². The average Bonchev–Trinajstić information content (AvgIpc) is 2.19. The van der Waals surface area contributed by atoms with Crippen molar-refractivity contribution in [3.05, 3.63) is 33.4 Å². The predicted molar refractivity (Wildman–Crippen MR) is 57.7 cm³/mol. The molecule has 5 nitrogen and oxygen atoms in total. The molecular weight excluding hydrogens is 196 g/mol. The van der Waals surface area contributed by atoms with Gasteiger partial charge in [0.1, 0.15) is 0 Å². The molecule has 0 aliphatic rings. The second-order valence-corrected chi connectivity index (χ2v) is 3.13. The van der Waals surface area contributed by atoms with Gasteiger partial charge in [0.05, 0.1) is 17.7 Å². The Morgan fingerprint density at radius 3 is 2.67 bits per heavy atom. The van der Waals surface area contributed by atoms with Crippen LogP contribution in [0, 0.1) is 24.0 Å². The molecule has 0 heterocycles. The standard InChI is InChI=1S/C10H12N2O3/c1-7-4-9(12(13)14)5-10(8(7)2)11-6-15-3/h4-6H,1-3H3/b11-6-.